The number of hydrogen-bond acceptors (Lipinski definition) is 2. The molecule has 0 amide bonds. The van der Waals surface area contributed by atoms with Crippen LogP contribution in [0.5, 0.6) is 0 Å². The summed E-state index contributed by atoms with van der Waals surface area (Å²) in [5.74, 6) is 0. The third-order valence-corrected chi connectivity index (χ3v) is 0.933. The fourth-order valence-corrected chi connectivity index (χ4v) is 0.250. The topological polar surface area (TPSA) is 38.4 Å². The van der Waals surface area contributed by atoms with Gasteiger partial charge >= 0.3 is 0 Å². The molecule has 8 heavy (non-hydrogen) atoms. The van der Waals surface area contributed by atoms with Gasteiger partial charge in [-0.2, -0.15) is 0 Å². The molecule has 0 aromatic carbocycles. The third-order valence-electron chi connectivity index (χ3n) is 0.933. The van der Waals surface area contributed by atoms with Crippen molar-refractivity contribution in [2.45, 2.75) is 6.92 Å². The SMILES string of the molecule is [B]C(=CN)C(C)=NC. The van der Waals surface area contributed by atoms with Gasteiger partial charge in [0, 0.05) is 12.8 Å². The molecule has 0 rings (SSSR count). The van der Waals surface area contributed by atoms with E-state index in [9.17, 15) is 0 Å². The van der Waals surface area contributed by atoms with Gasteiger partial charge in [0.05, 0.1) is 0 Å². The Morgan fingerprint density at radius 2 is 2.25 bits per heavy atom. The summed E-state index contributed by atoms with van der Waals surface area (Å²) in [6.07, 6.45) is 1.34. The van der Waals surface area contributed by atoms with Crippen LogP contribution in [-0.2, 0) is 0 Å². The number of aliphatic imine (C=N–C) groups is 1. The second kappa shape index (κ2) is 3.30. The minimum atomic E-state index is 0.535. The summed E-state index contributed by atoms with van der Waals surface area (Å²) in [4.78, 5) is 3.80. The zero-order valence-corrected chi connectivity index (χ0v) is 5.18. The molecule has 2 radical (unpaired) electrons. The average Bonchev–Trinajstić information content (AvgIpc) is 1.84. The number of nitrogens with two attached hydrogens (primary N) is 1. The van der Waals surface area contributed by atoms with E-state index in [0.29, 0.717) is 5.47 Å². The molecule has 0 aromatic heterocycles. The molecule has 0 saturated heterocycles. The third kappa shape index (κ3) is 1.82. The summed E-state index contributed by atoms with van der Waals surface area (Å²) in [5, 5.41) is 0. The molecule has 0 aliphatic carbocycles. The molecule has 0 aromatic rings. The van der Waals surface area contributed by atoms with Crippen molar-refractivity contribution < 1.29 is 0 Å². The highest BCUT2D eigenvalue weighted by atomic mass is 14.7. The van der Waals surface area contributed by atoms with Crippen molar-refractivity contribution in [3.8, 4) is 0 Å². The smallest absolute Gasteiger partial charge is 0.118 e. The maximum Gasteiger partial charge on any atom is 0.118 e. The van der Waals surface area contributed by atoms with Crippen LogP contribution in [0.3, 0.4) is 0 Å². The summed E-state index contributed by atoms with van der Waals surface area (Å²) in [6.45, 7) is 1.80. The van der Waals surface area contributed by atoms with Gasteiger partial charge in [-0.05, 0) is 13.1 Å². The lowest BCUT2D eigenvalue weighted by Gasteiger charge is -1.94. The van der Waals surface area contributed by atoms with Crippen LogP contribution < -0.4 is 5.73 Å². The van der Waals surface area contributed by atoms with Crippen molar-refractivity contribution in [3.63, 3.8) is 0 Å². The summed E-state index contributed by atoms with van der Waals surface area (Å²) in [7, 11) is 7.00. The Hall–Kier alpha value is -0.725. The number of nitrogens with zero attached hydrogens (tertiary/aromatic N) is 1. The molecule has 0 unspecified atom stereocenters. The van der Waals surface area contributed by atoms with Crippen molar-refractivity contribution >= 4 is 13.6 Å². The van der Waals surface area contributed by atoms with Crippen LogP contribution in [0.2, 0.25) is 0 Å². The lowest BCUT2D eigenvalue weighted by atomic mass is 9.93. The first kappa shape index (κ1) is 7.27. The van der Waals surface area contributed by atoms with Crippen LogP contribution >= 0.6 is 0 Å². The van der Waals surface area contributed by atoms with Gasteiger partial charge in [0.2, 0.25) is 0 Å². The molecule has 0 fully saturated rings. The van der Waals surface area contributed by atoms with Crippen LogP contribution in [-0.4, -0.2) is 20.6 Å². The lowest BCUT2D eigenvalue weighted by molar-refractivity contribution is 1.42. The maximum absolute atomic E-state index is 5.33. The highest BCUT2D eigenvalue weighted by Gasteiger charge is 1.87. The van der Waals surface area contributed by atoms with Gasteiger partial charge < -0.3 is 5.73 Å². The average molecular weight is 108 g/mol. The first-order valence-electron chi connectivity index (χ1n) is 2.33. The Balaban J connectivity index is 4.04. The number of hydrogen-bond donors (Lipinski definition) is 1. The molecule has 2 nitrogen and oxygen atoms in total. The molecular formula is C5H9BN2. The summed E-state index contributed by atoms with van der Waals surface area (Å²) >= 11 is 0. The molecule has 0 spiro atoms. The van der Waals surface area contributed by atoms with Gasteiger partial charge in [0.15, 0.2) is 0 Å². The van der Waals surface area contributed by atoms with Crippen LogP contribution in [0.15, 0.2) is 16.7 Å². The normalized spacial score (nSPS) is 14.2. The zero-order chi connectivity index (χ0) is 6.57. The number of rotatable bonds is 1. The van der Waals surface area contributed by atoms with E-state index in [1.165, 1.54) is 6.20 Å². The van der Waals surface area contributed by atoms with Crippen molar-refractivity contribution in [2.24, 2.45) is 10.7 Å². The first-order valence-corrected chi connectivity index (χ1v) is 2.33. The molecule has 0 aliphatic rings. The second-order valence-corrected chi connectivity index (χ2v) is 1.43. The summed E-state index contributed by atoms with van der Waals surface area (Å²) in [6, 6.07) is 0. The van der Waals surface area contributed by atoms with Gasteiger partial charge in [-0.25, -0.2) is 0 Å². The van der Waals surface area contributed by atoms with Gasteiger partial charge in [0.1, 0.15) is 7.85 Å². The maximum atomic E-state index is 5.33. The minimum absolute atomic E-state index is 0.535. The Labute approximate surface area is 50.9 Å². The molecule has 2 N–H and O–H groups in total. The van der Waals surface area contributed by atoms with E-state index in [-0.39, 0.29) is 0 Å². The molecule has 0 bridgehead atoms. The second-order valence-electron chi connectivity index (χ2n) is 1.43. The van der Waals surface area contributed by atoms with E-state index < -0.39 is 0 Å². The van der Waals surface area contributed by atoms with E-state index in [1.54, 1.807) is 14.0 Å². The molecule has 42 valence electrons. The fourth-order valence-electron chi connectivity index (χ4n) is 0.250. The van der Waals surface area contributed by atoms with Crippen molar-refractivity contribution in [3.05, 3.63) is 11.7 Å². The monoisotopic (exact) mass is 108 g/mol. The van der Waals surface area contributed by atoms with Crippen LogP contribution in [0.25, 0.3) is 0 Å². The first-order chi connectivity index (χ1) is 3.72. The molecule has 0 saturated carbocycles. The van der Waals surface area contributed by atoms with E-state index >= 15 is 0 Å². The van der Waals surface area contributed by atoms with E-state index in [1.807, 2.05) is 0 Å². The molecule has 0 aliphatic heterocycles. The van der Waals surface area contributed by atoms with E-state index in [4.69, 9.17) is 13.6 Å². The number of allylic oxidation sites excluding steroid dienone is 1. The summed E-state index contributed by atoms with van der Waals surface area (Å²) in [5.41, 5.74) is 6.39. The van der Waals surface area contributed by atoms with Crippen LogP contribution in [0, 0.1) is 0 Å². The van der Waals surface area contributed by atoms with Crippen LogP contribution in [0.4, 0.5) is 0 Å². The minimum Gasteiger partial charge on any atom is -0.405 e. The van der Waals surface area contributed by atoms with Crippen LogP contribution in [0.1, 0.15) is 6.92 Å². The van der Waals surface area contributed by atoms with E-state index in [2.05, 4.69) is 4.99 Å². The molecule has 0 heterocycles. The molecule has 0 atom stereocenters. The van der Waals surface area contributed by atoms with Crippen molar-refractivity contribution in [2.75, 3.05) is 7.05 Å². The summed E-state index contributed by atoms with van der Waals surface area (Å²) < 4.78 is 0. The molecular weight excluding hydrogens is 98.9 g/mol. The largest absolute Gasteiger partial charge is 0.405 e. The quantitative estimate of drug-likeness (QED) is 0.374. The Morgan fingerprint density at radius 1 is 1.75 bits per heavy atom. The van der Waals surface area contributed by atoms with Gasteiger partial charge in [-0.15, -0.1) is 0 Å². The predicted octanol–water partition coefficient (Wildman–Crippen LogP) is 0.0457. The predicted molar refractivity (Wildman–Crippen MR) is 37.1 cm³/mol. The zero-order valence-electron chi connectivity index (χ0n) is 5.18. The Kier molecular flexibility index (Phi) is 3.00. The highest BCUT2D eigenvalue weighted by Crippen LogP contribution is 1.86. The fraction of sp³-hybridized carbons (Fsp3) is 0.400. The van der Waals surface area contributed by atoms with Crippen molar-refractivity contribution in [1.82, 2.24) is 0 Å². The highest BCUT2D eigenvalue weighted by molar-refractivity contribution is 6.37. The Bertz CT molecular complexity index is 110. The van der Waals surface area contributed by atoms with E-state index in [0.717, 1.165) is 5.71 Å². The molecule has 3 heteroatoms. The Morgan fingerprint density at radius 3 is 2.38 bits per heavy atom. The lowest BCUT2D eigenvalue weighted by Crippen LogP contribution is -1.99. The van der Waals surface area contributed by atoms with Crippen molar-refractivity contribution in [1.29, 1.82) is 0 Å². The van der Waals surface area contributed by atoms with Gasteiger partial charge in [-0.1, -0.05) is 5.47 Å². The van der Waals surface area contributed by atoms with Gasteiger partial charge in [-0.3, -0.25) is 4.99 Å². The van der Waals surface area contributed by atoms with Gasteiger partial charge in [0.25, 0.3) is 0 Å². The standard InChI is InChI=1S/C5H9BN2/c1-4(8-2)5(6)3-7/h3H,7H2,1-2H3.